The Bertz CT molecular complexity index is 1440. The summed E-state index contributed by atoms with van der Waals surface area (Å²) < 4.78 is 12.7. The highest BCUT2D eigenvalue weighted by Crippen LogP contribution is 2.35. The number of fused-ring (bicyclic) bond motifs is 2. The summed E-state index contributed by atoms with van der Waals surface area (Å²) in [6.07, 6.45) is 4.28. The second kappa shape index (κ2) is 8.57. The average Bonchev–Trinajstić information content (AvgIpc) is 3.63. The number of nitrogens with one attached hydrogen (secondary N) is 1. The Labute approximate surface area is 205 Å². The molecule has 35 heavy (non-hydrogen) atoms. The highest BCUT2D eigenvalue weighted by molar-refractivity contribution is 7.09. The lowest BCUT2D eigenvalue weighted by molar-refractivity contribution is 0.122. The van der Waals surface area contributed by atoms with E-state index in [1.165, 1.54) is 11.3 Å². The number of nitrogens with zero attached hydrogens (tertiary/aromatic N) is 6. The minimum Gasteiger partial charge on any atom is -0.454 e. The fraction of sp³-hybridized carbons (Fsp3) is 0.250. The van der Waals surface area contributed by atoms with Crippen molar-refractivity contribution in [2.45, 2.75) is 25.5 Å². The number of ether oxygens (including phenoxy) is 2. The third-order valence-electron chi connectivity index (χ3n) is 5.62. The molecule has 2 aliphatic rings. The summed E-state index contributed by atoms with van der Waals surface area (Å²) in [7, 11) is 0. The van der Waals surface area contributed by atoms with E-state index < -0.39 is 5.60 Å². The first-order valence-corrected chi connectivity index (χ1v) is 11.9. The molecule has 6 rings (SSSR count). The molecule has 0 saturated carbocycles. The largest absolute Gasteiger partial charge is 0.454 e. The molecule has 0 amide bonds. The van der Waals surface area contributed by atoms with Crippen LogP contribution < -0.4 is 19.7 Å². The van der Waals surface area contributed by atoms with Gasteiger partial charge in [0.2, 0.25) is 12.7 Å². The van der Waals surface area contributed by atoms with Gasteiger partial charge in [-0.3, -0.25) is 0 Å². The zero-order chi connectivity index (χ0) is 23.8. The van der Waals surface area contributed by atoms with E-state index in [4.69, 9.17) is 14.5 Å². The van der Waals surface area contributed by atoms with Crippen molar-refractivity contribution in [3.63, 3.8) is 0 Å². The predicted octanol–water partition coefficient (Wildman–Crippen LogP) is 3.40. The molecule has 3 aromatic heterocycles. The van der Waals surface area contributed by atoms with E-state index in [2.05, 4.69) is 37.1 Å². The molecule has 0 radical (unpaired) electrons. The maximum atomic E-state index is 10.7. The first kappa shape index (κ1) is 21.4. The van der Waals surface area contributed by atoms with Gasteiger partial charge in [0.1, 0.15) is 22.3 Å². The van der Waals surface area contributed by atoms with Crippen molar-refractivity contribution < 1.29 is 14.6 Å². The van der Waals surface area contributed by atoms with Crippen LogP contribution in [-0.2, 0) is 12.1 Å². The number of hydrogen-bond donors (Lipinski definition) is 2. The van der Waals surface area contributed by atoms with E-state index in [9.17, 15) is 5.11 Å². The number of anilines is 4. The molecular weight excluding hydrogens is 466 g/mol. The Morgan fingerprint density at radius 2 is 2.03 bits per heavy atom. The molecule has 2 N–H and O–H groups in total. The minimum atomic E-state index is -1.33. The number of aromatic nitrogens is 5. The summed E-state index contributed by atoms with van der Waals surface area (Å²) in [5.41, 5.74) is 0.0522. The molecular formula is C24H21N7O3S. The van der Waals surface area contributed by atoms with Crippen molar-refractivity contribution in [1.29, 1.82) is 0 Å². The van der Waals surface area contributed by atoms with Crippen LogP contribution in [0.1, 0.15) is 24.0 Å². The van der Waals surface area contributed by atoms with Crippen LogP contribution in [0.4, 0.5) is 23.3 Å². The van der Waals surface area contributed by atoms with Gasteiger partial charge < -0.3 is 24.8 Å². The fourth-order valence-electron chi connectivity index (χ4n) is 3.94. The van der Waals surface area contributed by atoms with Gasteiger partial charge in [-0.15, -0.1) is 11.3 Å². The van der Waals surface area contributed by atoms with Crippen LogP contribution in [0.5, 0.6) is 11.5 Å². The summed E-state index contributed by atoms with van der Waals surface area (Å²) >= 11 is 1.37. The maximum Gasteiger partial charge on any atom is 0.231 e. The van der Waals surface area contributed by atoms with E-state index in [1.54, 1.807) is 19.3 Å². The Kier molecular flexibility index (Phi) is 5.24. The molecule has 0 spiro atoms. The lowest BCUT2D eigenvalue weighted by Crippen LogP contribution is -2.28. The molecule has 1 atom stereocenters. The van der Waals surface area contributed by atoms with Gasteiger partial charge in [-0.1, -0.05) is 5.92 Å². The summed E-state index contributed by atoms with van der Waals surface area (Å²) in [6.45, 7) is 3.43. The third-order valence-corrected chi connectivity index (χ3v) is 6.60. The van der Waals surface area contributed by atoms with Crippen LogP contribution in [0.2, 0.25) is 0 Å². The highest BCUT2D eigenvalue weighted by atomic mass is 32.1. The van der Waals surface area contributed by atoms with Crippen molar-refractivity contribution in [2.24, 2.45) is 0 Å². The molecule has 0 bridgehead atoms. The van der Waals surface area contributed by atoms with E-state index >= 15 is 0 Å². The van der Waals surface area contributed by atoms with Gasteiger partial charge in [-0.2, -0.15) is 10.1 Å². The van der Waals surface area contributed by atoms with Gasteiger partial charge in [-0.05, 0) is 37.5 Å². The van der Waals surface area contributed by atoms with E-state index in [0.29, 0.717) is 22.4 Å². The summed E-state index contributed by atoms with van der Waals surface area (Å²) in [6, 6.07) is 9.39. The Balaban J connectivity index is 1.25. The van der Waals surface area contributed by atoms with Crippen LogP contribution in [0.25, 0.3) is 0 Å². The van der Waals surface area contributed by atoms with Crippen LogP contribution in [0.3, 0.4) is 0 Å². The van der Waals surface area contributed by atoms with Crippen molar-refractivity contribution in [2.75, 3.05) is 23.6 Å². The van der Waals surface area contributed by atoms with Gasteiger partial charge in [0.05, 0.1) is 0 Å². The molecule has 1 aromatic carbocycles. The second-order valence-electron chi connectivity index (χ2n) is 8.21. The van der Waals surface area contributed by atoms with Gasteiger partial charge >= 0.3 is 0 Å². The van der Waals surface area contributed by atoms with Crippen LogP contribution in [0.15, 0.2) is 48.1 Å². The smallest absolute Gasteiger partial charge is 0.231 e. The molecule has 5 heterocycles. The van der Waals surface area contributed by atoms with E-state index in [1.807, 2.05) is 40.4 Å². The predicted molar refractivity (Wildman–Crippen MR) is 130 cm³/mol. The second-order valence-corrected chi connectivity index (χ2v) is 9.10. The first-order valence-electron chi connectivity index (χ1n) is 11.1. The fourth-order valence-corrected chi connectivity index (χ4v) is 4.59. The molecule has 0 aliphatic carbocycles. The van der Waals surface area contributed by atoms with Gasteiger partial charge in [0, 0.05) is 48.7 Å². The van der Waals surface area contributed by atoms with Crippen molar-refractivity contribution >= 4 is 34.6 Å². The van der Waals surface area contributed by atoms with Gasteiger partial charge in [0.25, 0.3) is 0 Å². The standard InChI is InChI=1S/C24H21N7O3S/c1-24(32,22-25-9-12-35-22)7-5-17-14-21-30(10-2-11-31(21)29-17)20-6-8-26-23(28-20)27-16-3-4-18-19(13-16)34-15-33-18/h3-4,6,8-9,12-14,32H,2,10-11,15H2,1H3,(H,26,27,28)/t24-/m1/s1. The average molecular weight is 488 g/mol. The molecule has 0 saturated heterocycles. The summed E-state index contributed by atoms with van der Waals surface area (Å²) in [5, 5.41) is 20.9. The maximum absolute atomic E-state index is 10.7. The third kappa shape index (κ3) is 4.25. The zero-order valence-corrected chi connectivity index (χ0v) is 19.6. The number of thiazole rings is 1. The molecule has 2 aliphatic heterocycles. The number of aryl methyl sites for hydroxylation is 1. The molecule has 10 nitrogen and oxygen atoms in total. The van der Waals surface area contributed by atoms with E-state index in [-0.39, 0.29) is 6.79 Å². The number of aliphatic hydroxyl groups is 1. The van der Waals surface area contributed by atoms with Crippen LogP contribution >= 0.6 is 11.3 Å². The summed E-state index contributed by atoms with van der Waals surface area (Å²) in [5.74, 6) is 9.43. The molecule has 0 fully saturated rings. The number of rotatable bonds is 4. The first-order chi connectivity index (χ1) is 17.0. The number of benzene rings is 1. The van der Waals surface area contributed by atoms with E-state index in [0.717, 1.165) is 42.6 Å². The highest BCUT2D eigenvalue weighted by Gasteiger charge is 2.25. The van der Waals surface area contributed by atoms with Crippen molar-refractivity contribution in [3.05, 3.63) is 58.8 Å². The van der Waals surface area contributed by atoms with Crippen LogP contribution in [0, 0.1) is 11.8 Å². The minimum absolute atomic E-state index is 0.224. The van der Waals surface area contributed by atoms with Crippen LogP contribution in [-0.4, -0.2) is 43.2 Å². The number of hydrogen-bond acceptors (Lipinski definition) is 10. The summed E-state index contributed by atoms with van der Waals surface area (Å²) in [4.78, 5) is 15.3. The molecule has 176 valence electrons. The van der Waals surface area contributed by atoms with Crippen molar-refractivity contribution in [1.82, 2.24) is 24.7 Å². The Morgan fingerprint density at radius 1 is 1.11 bits per heavy atom. The van der Waals surface area contributed by atoms with Gasteiger partial charge in [0.15, 0.2) is 17.1 Å². The topological polar surface area (TPSA) is 110 Å². The Hall–Kier alpha value is -4.14. The zero-order valence-electron chi connectivity index (χ0n) is 18.8. The Morgan fingerprint density at radius 3 is 2.91 bits per heavy atom. The lowest BCUT2D eigenvalue weighted by Gasteiger charge is -2.28. The molecule has 0 unspecified atom stereocenters. The normalized spacial score (nSPS) is 15.7. The molecule has 11 heteroatoms. The quantitative estimate of drug-likeness (QED) is 0.419. The monoisotopic (exact) mass is 487 g/mol. The van der Waals surface area contributed by atoms with Gasteiger partial charge in [-0.25, -0.2) is 14.6 Å². The van der Waals surface area contributed by atoms with Crippen molar-refractivity contribution in [3.8, 4) is 23.3 Å². The SMILES string of the molecule is C[C@@](O)(C#Cc1cc2n(n1)CCCN2c1ccnc(Nc2ccc3c(c2)OCO3)n1)c1nccs1. The lowest BCUT2D eigenvalue weighted by atomic mass is 10.1. The molecule has 4 aromatic rings.